The van der Waals surface area contributed by atoms with Gasteiger partial charge in [0.25, 0.3) is 5.91 Å². The van der Waals surface area contributed by atoms with Crippen LogP contribution in [0.25, 0.3) is 0 Å². The van der Waals surface area contributed by atoms with E-state index >= 15 is 0 Å². The van der Waals surface area contributed by atoms with Crippen LogP contribution in [0.4, 0.5) is 11.5 Å². The fourth-order valence-corrected chi connectivity index (χ4v) is 2.85. The summed E-state index contributed by atoms with van der Waals surface area (Å²) in [6.45, 7) is 0.388. The van der Waals surface area contributed by atoms with Gasteiger partial charge in [0.1, 0.15) is 0 Å². The molecule has 0 saturated heterocycles. The summed E-state index contributed by atoms with van der Waals surface area (Å²) in [5.41, 5.74) is 7.90. The smallest absolute Gasteiger partial charge is 0.337 e. The fourth-order valence-electron chi connectivity index (χ4n) is 2.40. The predicted octanol–water partition coefficient (Wildman–Crippen LogP) is 2.71. The molecule has 27 heavy (non-hydrogen) atoms. The Morgan fingerprint density at radius 2 is 1.96 bits per heavy atom. The number of nitrogens with zero attached hydrogens (tertiary/aromatic N) is 3. The topological polar surface area (TPSA) is 112 Å². The normalized spacial score (nSPS) is 10.4. The fraction of sp³-hybridized carbons (Fsp3) is 0.111. The minimum Gasteiger partial charge on any atom is -0.465 e. The molecule has 3 rings (SSSR count). The van der Waals surface area contributed by atoms with Gasteiger partial charge < -0.3 is 15.8 Å². The SMILES string of the molecule is COC(=O)c1ccc(NC(=O)c2nnn(Cc3cccc(Br)c3)c2N)cc1. The highest BCUT2D eigenvalue weighted by atomic mass is 79.9. The quantitative estimate of drug-likeness (QED) is 0.602. The summed E-state index contributed by atoms with van der Waals surface area (Å²) in [4.78, 5) is 23.9. The van der Waals surface area contributed by atoms with E-state index in [0.29, 0.717) is 17.8 Å². The highest BCUT2D eigenvalue weighted by molar-refractivity contribution is 9.10. The van der Waals surface area contributed by atoms with Gasteiger partial charge >= 0.3 is 5.97 Å². The summed E-state index contributed by atoms with van der Waals surface area (Å²) >= 11 is 3.41. The number of methoxy groups -OCH3 is 1. The number of aromatic nitrogens is 3. The lowest BCUT2D eigenvalue weighted by molar-refractivity contribution is 0.0600. The predicted molar refractivity (Wildman–Crippen MR) is 103 cm³/mol. The maximum Gasteiger partial charge on any atom is 0.337 e. The van der Waals surface area contributed by atoms with E-state index in [2.05, 4.69) is 36.3 Å². The van der Waals surface area contributed by atoms with Crippen molar-refractivity contribution in [1.29, 1.82) is 0 Å². The Kier molecular flexibility index (Phi) is 5.51. The molecule has 0 radical (unpaired) electrons. The van der Waals surface area contributed by atoms with Gasteiger partial charge in [-0.3, -0.25) is 4.79 Å². The molecule has 3 N–H and O–H groups in total. The lowest BCUT2D eigenvalue weighted by Crippen LogP contribution is -2.15. The molecule has 0 aliphatic heterocycles. The van der Waals surface area contributed by atoms with Crippen LogP contribution in [0.3, 0.4) is 0 Å². The molecule has 1 aromatic heterocycles. The number of halogens is 1. The summed E-state index contributed by atoms with van der Waals surface area (Å²) in [5, 5.41) is 10.5. The molecule has 0 aliphatic rings. The van der Waals surface area contributed by atoms with E-state index in [1.807, 2.05) is 24.3 Å². The van der Waals surface area contributed by atoms with Gasteiger partial charge in [-0.05, 0) is 42.0 Å². The number of hydrogen-bond donors (Lipinski definition) is 2. The van der Waals surface area contributed by atoms with E-state index < -0.39 is 11.9 Å². The maximum atomic E-state index is 12.4. The molecule has 0 spiro atoms. The number of carbonyl (C=O) groups is 2. The third-order valence-corrected chi connectivity index (χ3v) is 4.27. The summed E-state index contributed by atoms with van der Waals surface area (Å²) in [7, 11) is 1.30. The lowest BCUT2D eigenvalue weighted by Gasteiger charge is -2.06. The number of nitrogens with one attached hydrogen (secondary N) is 1. The van der Waals surface area contributed by atoms with Crippen LogP contribution in [0.2, 0.25) is 0 Å². The monoisotopic (exact) mass is 429 g/mol. The van der Waals surface area contributed by atoms with Crippen LogP contribution in [-0.2, 0) is 11.3 Å². The van der Waals surface area contributed by atoms with Crippen molar-refractivity contribution in [3.8, 4) is 0 Å². The number of rotatable bonds is 5. The van der Waals surface area contributed by atoms with Gasteiger partial charge in [0, 0.05) is 10.2 Å². The van der Waals surface area contributed by atoms with Crippen molar-refractivity contribution in [2.24, 2.45) is 0 Å². The van der Waals surface area contributed by atoms with E-state index in [4.69, 9.17) is 5.73 Å². The Hall–Kier alpha value is -3.20. The Morgan fingerprint density at radius 3 is 2.63 bits per heavy atom. The molecule has 0 unspecified atom stereocenters. The molecule has 8 nitrogen and oxygen atoms in total. The molecule has 1 heterocycles. The zero-order valence-corrected chi connectivity index (χ0v) is 15.9. The van der Waals surface area contributed by atoms with Crippen molar-refractivity contribution < 1.29 is 14.3 Å². The Balaban J connectivity index is 1.72. The number of hydrogen-bond acceptors (Lipinski definition) is 6. The van der Waals surface area contributed by atoms with E-state index in [-0.39, 0.29) is 11.5 Å². The molecule has 3 aromatic rings. The van der Waals surface area contributed by atoms with Crippen LogP contribution in [0, 0.1) is 0 Å². The first-order chi connectivity index (χ1) is 13.0. The van der Waals surface area contributed by atoms with Gasteiger partial charge in [-0.25, -0.2) is 9.48 Å². The zero-order chi connectivity index (χ0) is 19.4. The van der Waals surface area contributed by atoms with Crippen molar-refractivity contribution >= 4 is 39.3 Å². The number of nitrogens with two attached hydrogens (primary N) is 1. The first kappa shape index (κ1) is 18.6. The van der Waals surface area contributed by atoms with Crippen molar-refractivity contribution in [3.63, 3.8) is 0 Å². The standard InChI is InChI=1S/C18H16BrN5O3/c1-27-18(26)12-5-7-14(8-6-12)21-17(25)15-16(20)24(23-22-15)10-11-3-2-4-13(19)9-11/h2-9H,10,20H2,1H3,(H,21,25). The first-order valence-electron chi connectivity index (χ1n) is 7.91. The van der Waals surface area contributed by atoms with Crippen molar-refractivity contribution in [2.75, 3.05) is 18.2 Å². The summed E-state index contributed by atoms with van der Waals surface area (Å²) in [5.74, 6) is -0.773. The van der Waals surface area contributed by atoms with Crippen LogP contribution in [0.15, 0.2) is 53.0 Å². The third kappa shape index (κ3) is 4.32. The molecule has 1 amide bonds. The Labute approximate surface area is 163 Å². The average Bonchev–Trinajstić information content (AvgIpc) is 3.02. The van der Waals surface area contributed by atoms with Crippen LogP contribution in [0.1, 0.15) is 26.4 Å². The molecule has 9 heteroatoms. The number of carbonyl (C=O) groups excluding carboxylic acids is 2. The average molecular weight is 430 g/mol. The largest absolute Gasteiger partial charge is 0.465 e. The minimum atomic E-state index is -0.487. The summed E-state index contributed by atoms with van der Waals surface area (Å²) < 4.78 is 7.03. The van der Waals surface area contributed by atoms with E-state index in [1.54, 1.807) is 24.3 Å². The minimum absolute atomic E-state index is 0.0297. The molecule has 0 aliphatic carbocycles. The van der Waals surface area contributed by atoms with Gasteiger partial charge in [-0.1, -0.05) is 33.3 Å². The van der Waals surface area contributed by atoms with Gasteiger partial charge in [-0.2, -0.15) is 0 Å². The second-order valence-electron chi connectivity index (χ2n) is 5.63. The van der Waals surface area contributed by atoms with Gasteiger partial charge in [0.15, 0.2) is 11.5 Å². The van der Waals surface area contributed by atoms with Crippen LogP contribution < -0.4 is 11.1 Å². The molecular weight excluding hydrogens is 414 g/mol. The van der Waals surface area contributed by atoms with E-state index in [9.17, 15) is 9.59 Å². The number of anilines is 2. The van der Waals surface area contributed by atoms with Crippen molar-refractivity contribution in [2.45, 2.75) is 6.54 Å². The van der Waals surface area contributed by atoms with E-state index in [0.717, 1.165) is 10.0 Å². The number of esters is 1. The van der Waals surface area contributed by atoms with Crippen molar-refractivity contribution in [1.82, 2.24) is 15.0 Å². The highest BCUT2D eigenvalue weighted by Gasteiger charge is 2.18. The number of amides is 1. The number of benzene rings is 2. The van der Waals surface area contributed by atoms with Crippen molar-refractivity contribution in [3.05, 3.63) is 69.8 Å². The third-order valence-electron chi connectivity index (χ3n) is 3.77. The number of nitrogen functional groups attached to an aromatic ring is 1. The second kappa shape index (κ2) is 8.00. The molecule has 138 valence electrons. The summed E-state index contributed by atoms with van der Waals surface area (Å²) in [6, 6.07) is 14.0. The van der Waals surface area contributed by atoms with Gasteiger partial charge in [-0.15, -0.1) is 5.10 Å². The van der Waals surface area contributed by atoms with Crippen LogP contribution >= 0.6 is 15.9 Å². The first-order valence-corrected chi connectivity index (χ1v) is 8.70. The molecule has 0 fully saturated rings. The zero-order valence-electron chi connectivity index (χ0n) is 14.3. The lowest BCUT2D eigenvalue weighted by atomic mass is 10.2. The molecule has 0 atom stereocenters. The highest BCUT2D eigenvalue weighted by Crippen LogP contribution is 2.17. The number of ether oxygens (including phenoxy) is 1. The Morgan fingerprint density at radius 1 is 1.22 bits per heavy atom. The summed E-state index contributed by atoms with van der Waals surface area (Å²) in [6.07, 6.45) is 0. The van der Waals surface area contributed by atoms with Gasteiger partial charge in [0.2, 0.25) is 0 Å². The second-order valence-corrected chi connectivity index (χ2v) is 6.55. The van der Waals surface area contributed by atoms with E-state index in [1.165, 1.54) is 11.8 Å². The Bertz CT molecular complexity index is 985. The van der Waals surface area contributed by atoms with Crippen LogP contribution in [-0.4, -0.2) is 34.0 Å². The molecule has 0 bridgehead atoms. The molecular formula is C18H16BrN5O3. The molecule has 0 saturated carbocycles. The maximum absolute atomic E-state index is 12.4. The van der Waals surface area contributed by atoms with Crippen LogP contribution in [0.5, 0.6) is 0 Å². The van der Waals surface area contributed by atoms with Gasteiger partial charge in [0.05, 0.1) is 19.2 Å². The molecule has 2 aromatic carbocycles.